The predicted molar refractivity (Wildman–Crippen MR) is 129 cm³/mol. The number of benzene rings is 3. The molecule has 3 aromatic carbocycles. The van der Waals surface area contributed by atoms with Gasteiger partial charge in [-0.1, -0.05) is 47.5 Å². The molecule has 1 fully saturated rings. The molecule has 0 aliphatic carbocycles. The zero-order valence-corrected chi connectivity index (χ0v) is 19.4. The molecule has 0 saturated carbocycles. The fourth-order valence-corrected chi connectivity index (χ4v) is 3.75. The largest absolute Gasteiger partial charge is 0.490 e. The van der Waals surface area contributed by atoms with E-state index in [2.05, 4.69) is 5.43 Å². The number of esters is 1. The minimum Gasteiger partial charge on any atom is -0.490 e. The Hall–Kier alpha value is -3.81. The monoisotopic (exact) mass is 496 g/mol. The summed E-state index contributed by atoms with van der Waals surface area (Å²) in [5.74, 6) is -1.27. The van der Waals surface area contributed by atoms with E-state index in [1.54, 1.807) is 43.3 Å². The number of hydrogen-bond donors (Lipinski definition) is 1. The molecule has 0 unspecified atom stereocenters. The van der Waals surface area contributed by atoms with Crippen molar-refractivity contribution in [3.05, 3.63) is 93.5 Å². The molecule has 0 aromatic heterocycles. The van der Waals surface area contributed by atoms with Crippen LogP contribution >= 0.6 is 23.2 Å². The van der Waals surface area contributed by atoms with Crippen molar-refractivity contribution in [1.29, 1.82) is 0 Å². The van der Waals surface area contributed by atoms with Gasteiger partial charge in [0.15, 0.2) is 11.5 Å². The third-order valence-electron chi connectivity index (χ3n) is 4.84. The lowest BCUT2D eigenvalue weighted by Gasteiger charge is -2.14. The van der Waals surface area contributed by atoms with Gasteiger partial charge in [0, 0.05) is 5.02 Å². The summed E-state index contributed by atoms with van der Waals surface area (Å²) in [6.45, 7) is 2.08. The van der Waals surface area contributed by atoms with Crippen LogP contribution in [0.25, 0.3) is 6.08 Å². The molecule has 0 radical (unpaired) electrons. The molecule has 1 saturated heterocycles. The summed E-state index contributed by atoms with van der Waals surface area (Å²) >= 11 is 12.0. The summed E-state index contributed by atoms with van der Waals surface area (Å²) < 4.78 is 11.1. The molecule has 4 rings (SSSR count). The average molecular weight is 497 g/mol. The summed E-state index contributed by atoms with van der Waals surface area (Å²) in [4.78, 5) is 37.9. The predicted octanol–water partition coefficient (Wildman–Crippen LogP) is 5.07. The van der Waals surface area contributed by atoms with Gasteiger partial charge in [-0.25, -0.2) is 9.80 Å². The number of hydrogen-bond acceptors (Lipinski definition) is 5. The van der Waals surface area contributed by atoms with E-state index in [1.165, 1.54) is 35.4 Å². The number of amides is 2. The van der Waals surface area contributed by atoms with E-state index in [0.29, 0.717) is 22.9 Å². The third-order valence-corrected chi connectivity index (χ3v) is 5.39. The summed E-state index contributed by atoms with van der Waals surface area (Å²) in [5, 5.41) is 1.74. The first-order valence-corrected chi connectivity index (χ1v) is 11.0. The van der Waals surface area contributed by atoms with E-state index in [1.807, 2.05) is 6.07 Å². The van der Waals surface area contributed by atoms with Crippen LogP contribution in [0, 0.1) is 0 Å². The molecule has 1 heterocycles. The zero-order valence-electron chi connectivity index (χ0n) is 17.9. The molecule has 1 aliphatic heterocycles. The van der Waals surface area contributed by atoms with Crippen molar-refractivity contribution >= 4 is 52.7 Å². The number of rotatable bonds is 6. The van der Waals surface area contributed by atoms with Crippen molar-refractivity contribution in [1.82, 2.24) is 5.43 Å². The average Bonchev–Trinajstić information content (AvgIpc) is 3.09. The molecule has 0 spiro atoms. The maximum absolute atomic E-state index is 12.8. The third kappa shape index (κ3) is 4.90. The van der Waals surface area contributed by atoms with Crippen LogP contribution in [0.1, 0.15) is 22.8 Å². The molecular formula is C25H18Cl2N2O5. The number of hydrazine groups is 1. The molecule has 172 valence electrons. The number of para-hydroxylation sites is 1. The first kappa shape index (κ1) is 23.4. The summed E-state index contributed by atoms with van der Waals surface area (Å²) in [6.07, 6.45) is 1.45. The Bertz CT molecular complexity index is 1310. The molecule has 0 atom stereocenters. The SMILES string of the molecule is CCOc1cc(/C=C2\C(=O)NN(c3ccccc3)C2=O)ccc1OC(=O)c1ccc(Cl)cc1Cl. The van der Waals surface area contributed by atoms with E-state index < -0.39 is 17.8 Å². The van der Waals surface area contributed by atoms with Crippen LogP contribution < -0.4 is 19.9 Å². The fraction of sp³-hybridized carbons (Fsp3) is 0.0800. The highest BCUT2D eigenvalue weighted by Crippen LogP contribution is 2.32. The first-order valence-electron chi connectivity index (χ1n) is 10.2. The van der Waals surface area contributed by atoms with E-state index >= 15 is 0 Å². The van der Waals surface area contributed by atoms with E-state index in [9.17, 15) is 14.4 Å². The lowest BCUT2D eigenvalue weighted by molar-refractivity contribution is -0.117. The minimum absolute atomic E-state index is 0.0380. The second-order valence-electron chi connectivity index (χ2n) is 7.13. The van der Waals surface area contributed by atoms with Crippen molar-refractivity contribution in [3.8, 4) is 11.5 Å². The van der Waals surface area contributed by atoms with Gasteiger partial charge in [-0.15, -0.1) is 0 Å². The lowest BCUT2D eigenvalue weighted by atomic mass is 10.1. The van der Waals surface area contributed by atoms with Gasteiger partial charge in [-0.2, -0.15) is 0 Å². The molecule has 9 heteroatoms. The highest BCUT2D eigenvalue weighted by atomic mass is 35.5. The zero-order chi connectivity index (χ0) is 24.2. The van der Waals surface area contributed by atoms with Crippen molar-refractivity contribution in [2.75, 3.05) is 11.6 Å². The fourth-order valence-electron chi connectivity index (χ4n) is 3.26. The number of nitrogens with zero attached hydrogens (tertiary/aromatic N) is 1. The topological polar surface area (TPSA) is 84.9 Å². The van der Waals surface area contributed by atoms with Gasteiger partial charge >= 0.3 is 5.97 Å². The molecule has 34 heavy (non-hydrogen) atoms. The number of halogens is 2. The van der Waals surface area contributed by atoms with Gasteiger partial charge in [0.25, 0.3) is 11.8 Å². The Kier molecular flexibility index (Phi) is 6.86. The first-order chi connectivity index (χ1) is 16.4. The number of carbonyl (C=O) groups excluding carboxylic acids is 3. The highest BCUT2D eigenvalue weighted by molar-refractivity contribution is 6.36. The van der Waals surface area contributed by atoms with Gasteiger partial charge in [0.1, 0.15) is 5.57 Å². The van der Waals surface area contributed by atoms with Gasteiger partial charge in [-0.3, -0.25) is 15.0 Å². The van der Waals surface area contributed by atoms with E-state index in [0.717, 1.165) is 0 Å². The van der Waals surface area contributed by atoms with Crippen molar-refractivity contribution in [3.63, 3.8) is 0 Å². The summed E-state index contributed by atoms with van der Waals surface area (Å²) in [6, 6.07) is 17.9. The van der Waals surface area contributed by atoms with Crippen LogP contribution in [0.15, 0.2) is 72.3 Å². The van der Waals surface area contributed by atoms with Crippen molar-refractivity contribution in [2.24, 2.45) is 0 Å². The molecule has 3 aromatic rings. The van der Waals surface area contributed by atoms with Gasteiger partial charge in [0.05, 0.1) is 22.9 Å². The molecule has 1 N–H and O–H groups in total. The highest BCUT2D eigenvalue weighted by Gasteiger charge is 2.34. The van der Waals surface area contributed by atoms with Crippen LogP contribution in [0.3, 0.4) is 0 Å². The van der Waals surface area contributed by atoms with Crippen molar-refractivity contribution in [2.45, 2.75) is 6.92 Å². The van der Waals surface area contributed by atoms with E-state index in [4.69, 9.17) is 32.7 Å². The van der Waals surface area contributed by atoms with E-state index in [-0.39, 0.29) is 27.7 Å². The number of ether oxygens (including phenoxy) is 2. The van der Waals surface area contributed by atoms with Crippen LogP contribution in [0.2, 0.25) is 10.0 Å². The Balaban J connectivity index is 1.60. The lowest BCUT2D eigenvalue weighted by Crippen LogP contribution is -2.35. The molecular weight excluding hydrogens is 479 g/mol. The second-order valence-corrected chi connectivity index (χ2v) is 7.97. The smallest absolute Gasteiger partial charge is 0.345 e. The summed E-state index contributed by atoms with van der Waals surface area (Å²) in [7, 11) is 0. The van der Waals surface area contributed by atoms with Gasteiger partial charge < -0.3 is 9.47 Å². The molecule has 1 aliphatic rings. The maximum atomic E-state index is 12.8. The molecule has 0 bridgehead atoms. The Morgan fingerprint density at radius 2 is 1.76 bits per heavy atom. The van der Waals surface area contributed by atoms with Gasteiger partial charge in [0.2, 0.25) is 0 Å². The van der Waals surface area contributed by atoms with Crippen LogP contribution in [-0.4, -0.2) is 24.4 Å². The van der Waals surface area contributed by atoms with Crippen LogP contribution in [0.4, 0.5) is 5.69 Å². The van der Waals surface area contributed by atoms with Crippen molar-refractivity contribution < 1.29 is 23.9 Å². The molecule has 2 amide bonds. The number of carbonyl (C=O) groups is 3. The summed E-state index contributed by atoms with van der Waals surface area (Å²) in [5.41, 5.74) is 3.72. The Morgan fingerprint density at radius 3 is 2.47 bits per heavy atom. The van der Waals surface area contributed by atoms with Crippen LogP contribution in [0.5, 0.6) is 11.5 Å². The number of anilines is 1. The quantitative estimate of drug-likeness (QED) is 0.223. The molecule has 7 nitrogen and oxygen atoms in total. The number of nitrogens with one attached hydrogen (secondary N) is 1. The Morgan fingerprint density at radius 1 is 1.00 bits per heavy atom. The maximum Gasteiger partial charge on any atom is 0.345 e. The minimum atomic E-state index is -0.683. The van der Waals surface area contributed by atoms with Crippen LogP contribution in [-0.2, 0) is 9.59 Å². The van der Waals surface area contributed by atoms with Gasteiger partial charge in [-0.05, 0) is 61.0 Å². The standard InChI is InChI=1S/C25H18Cl2N2O5/c1-2-33-22-13-15(8-11-21(22)34-25(32)18-10-9-16(26)14-20(18)27)12-19-23(30)28-29(24(19)31)17-6-4-3-5-7-17/h3-14H,2H2,1H3,(H,28,30)/b19-12+. The Labute approximate surface area is 205 Å². The normalized spacial score (nSPS) is 14.3. The second kappa shape index (κ2) is 9.99.